The summed E-state index contributed by atoms with van der Waals surface area (Å²) in [6.07, 6.45) is 7.76. The Kier molecular flexibility index (Phi) is 5.10. The Morgan fingerprint density at radius 2 is 2.06 bits per heavy atom. The number of nitrogens with one attached hydrogen (secondary N) is 1. The van der Waals surface area contributed by atoms with Crippen molar-refractivity contribution >= 4 is 17.1 Å². The molecule has 4 heterocycles. The largest absolute Gasteiger partial charge is 0.492 e. The molecule has 31 heavy (non-hydrogen) atoms. The van der Waals surface area contributed by atoms with Crippen LogP contribution in [-0.2, 0) is 16.0 Å². The summed E-state index contributed by atoms with van der Waals surface area (Å²) in [6, 6.07) is 0.0732. The molecule has 2 fully saturated rings. The van der Waals surface area contributed by atoms with Crippen LogP contribution in [0.25, 0.3) is 11.2 Å². The predicted octanol–water partition coefficient (Wildman–Crippen LogP) is 1.71. The number of amides is 1. The highest BCUT2D eigenvalue weighted by Crippen LogP contribution is 2.34. The molecule has 2 aliphatic heterocycles. The van der Waals surface area contributed by atoms with Gasteiger partial charge in [-0.2, -0.15) is 9.61 Å². The Bertz CT molecular complexity index is 1110. The van der Waals surface area contributed by atoms with Gasteiger partial charge in [-0.1, -0.05) is 13.0 Å². The van der Waals surface area contributed by atoms with E-state index in [2.05, 4.69) is 17.3 Å². The quantitative estimate of drug-likeness (QED) is 0.751. The summed E-state index contributed by atoms with van der Waals surface area (Å²) >= 11 is 0. The van der Waals surface area contributed by atoms with E-state index < -0.39 is 17.3 Å². The van der Waals surface area contributed by atoms with E-state index in [9.17, 15) is 14.7 Å². The van der Waals surface area contributed by atoms with E-state index in [1.807, 2.05) is 6.08 Å². The molecule has 2 aromatic heterocycles. The van der Waals surface area contributed by atoms with Gasteiger partial charge in [-0.05, 0) is 43.1 Å². The molecule has 1 saturated heterocycles. The standard InChI is InChI=1S/C22H28N4O5/c1-22(6-10-31-11-7-22)13-25-19-16(14-4-8-30-9-5-14)12-23-26(19)21(29)17(20(25)28)18(27)24-15-2-3-15/h4,12,15,29H,2-3,5-11,13H2,1H3,(H,24,27). The summed E-state index contributed by atoms with van der Waals surface area (Å²) < 4.78 is 13.9. The number of rotatable bonds is 5. The number of hydrogen-bond acceptors (Lipinski definition) is 6. The first kappa shape index (κ1) is 20.3. The van der Waals surface area contributed by atoms with Gasteiger partial charge in [0.05, 0.1) is 19.4 Å². The van der Waals surface area contributed by atoms with Gasteiger partial charge in [-0.3, -0.25) is 14.2 Å². The van der Waals surface area contributed by atoms with Gasteiger partial charge in [0.25, 0.3) is 11.5 Å². The topological polar surface area (TPSA) is 107 Å². The van der Waals surface area contributed by atoms with Crippen LogP contribution in [-0.4, -0.2) is 57.7 Å². The van der Waals surface area contributed by atoms with Crippen molar-refractivity contribution in [3.05, 3.63) is 33.8 Å². The number of carbonyl (C=O) groups is 1. The molecule has 0 aromatic carbocycles. The maximum absolute atomic E-state index is 13.6. The van der Waals surface area contributed by atoms with Crippen LogP contribution in [0.3, 0.4) is 0 Å². The summed E-state index contributed by atoms with van der Waals surface area (Å²) in [5, 5.41) is 18.1. The van der Waals surface area contributed by atoms with Gasteiger partial charge in [-0.15, -0.1) is 0 Å². The van der Waals surface area contributed by atoms with E-state index in [-0.39, 0.29) is 17.0 Å². The second-order valence-electron chi connectivity index (χ2n) is 9.11. The molecule has 9 nitrogen and oxygen atoms in total. The minimum Gasteiger partial charge on any atom is -0.492 e. The number of hydrogen-bond donors (Lipinski definition) is 2. The van der Waals surface area contributed by atoms with Gasteiger partial charge < -0.3 is 19.9 Å². The van der Waals surface area contributed by atoms with Crippen molar-refractivity contribution in [1.82, 2.24) is 19.5 Å². The maximum Gasteiger partial charge on any atom is 0.270 e. The first-order valence-corrected chi connectivity index (χ1v) is 11.0. The monoisotopic (exact) mass is 428 g/mol. The second kappa shape index (κ2) is 7.80. The van der Waals surface area contributed by atoms with Crippen molar-refractivity contribution in [1.29, 1.82) is 0 Å². The second-order valence-corrected chi connectivity index (χ2v) is 9.11. The fourth-order valence-corrected chi connectivity index (χ4v) is 4.42. The number of nitrogens with zero attached hydrogens (tertiary/aromatic N) is 3. The highest BCUT2D eigenvalue weighted by Gasteiger charge is 2.34. The summed E-state index contributed by atoms with van der Waals surface area (Å²) in [7, 11) is 0. The number of fused-ring (bicyclic) bond motifs is 1. The zero-order valence-electron chi connectivity index (χ0n) is 17.7. The average molecular weight is 428 g/mol. The third-order valence-corrected chi connectivity index (χ3v) is 6.57. The molecule has 0 unspecified atom stereocenters. The highest BCUT2D eigenvalue weighted by atomic mass is 16.5. The summed E-state index contributed by atoms with van der Waals surface area (Å²) in [6.45, 7) is 4.94. The van der Waals surface area contributed by atoms with Gasteiger partial charge in [0.1, 0.15) is 5.65 Å². The molecule has 9 heteroatoms. The lowest BCUT2D eigenvalue weighted by Crippen LogP contribution is -2.40. The molecule has 1 saturated carbocycles. The Morgan fingerprint density at radius 3 is 2.74 bits per heavy atom. The fourth-order valence-electron chi connectivity index (χ4n) is 4.42. The number of aromatic nitrogens is 3. The van der Waals surface area contributed by atoms with E-state index in [1.165, 1.54) is 4.52 Å². The van der Waals surface area contributed by atoms with Crippen LogP contribution in [0.5, 0.6) is 5.88 Å². The van der Waals surface area contributed by atoms with Crippen LogP contribution in [0.15, 0.2) is 17.1 Å². The third kappa shape index (κ3) is 3.76. The molecule has 166 valence electrons. The van der Waals surface area contributed by atoms with Gasteiger partial charge in [0, 0.05) is 31.4 Å². The van der Waals surface area contributed by atoms with Crippen LogP contribution < -0.4 is 10.9 Å². The molecule has 2 aromatic rings. The maximum atomic E-state index is 13.6. The minimum absolute atomic E-state index is 0.0732. The van der Waals surface area contributed by atoms with Crippen LogP contribution >= 0.6 is 0 Å². The van der Waals surface area contributed by atoms with Gasteiger partial charge in [0.15, 0.2) is 5.56 Å². The lowest BCUT2D eigenvalue weighted by Gasteiger charge is -2.34. The molecule has 2 N–H and O–H groups in total. The van der Waals surface area contributed by atoms with E-state index in [1.54, 1.807) is 10.8 Å². The fraction of sp³-hybridized carbons (Fsp3) is 0.591. The van der Waals surface area contributed by atoms with Crippen LogP contribution in [0, 0.1) is 5.41 Å². The Morgan fingerprint density at radius 1 is 1.29 bits per heavy atom. The molecular weight excluding hydrogens is 400 g/mol. The SMILES string of the molecule is CC1(Cn2c(=O)c(C(=O)NC3CC3)c(O)n3ncc(C4=CCOCC4)c23)CCOCC1. The van der Waals surface area contributed by atoms with E-state index in [0.29, 0.717) is 45.0 Å². The Balaban J connectivity index is 1.69. The molecule has 3 aliphatic rings. The van der Waals surface area contributed by atoms with Gasteiger partial charge in [-0.25, -0.2) is 0 Å². The van der Waals surface area contributed by atoms with Crippen molar-refractivity contribution in [2.45, 2.75) is 51.6 Å². The molecule has 5 rings (SSSR count). The van der Waals surface area contributed by atoms with E-state index in [0.717, 1.165) is 36.8 Å². The molecule has 0 atom stereocenters. The molecule has 1 aliphatic carbocycles. The molecule has 0 spiro atoms. The van der Waals surface area contributed by atoms with Crippen molar-refractivity contribution in [3.8, 4) is 5.88 Å². The van der Waals surface area contributed by atoms with Crippen LogP contribution in [0.4, 0.5) is 0 Å². The zero-order chi connectivity index (χ0) is 21.6. The van der Waals surface area contributed by atoms with E-state index >= 15 is 0 Å². The number of ether oxygens (including phenoxy) is 2. The number of carbonyl (C=O) groups excluding carboxylic acids is 1. The normalized spacial score (nSPS) is 21.1. The van der Waals surface area contributed by atoms with E-state index in [4.69, 9.17) is 9.47 Å². The Labute approximate surface area is 179 Å². The Hall–Kier alpha value is -2.65. The number of aromatic hydroxyl groups is 1. The lowest BCUT2D eigenvalue weighted by atomic mass is 9.82. The highest BCUT2D eigenvalue weighted by molar-refractivity contribution is 5.97. The van der Waals surface area contributed by atoms with Crippen molar-refractivity contribution in [2.75, 3.05) is 26.4 Å². The molecule has 0 bridgehead atoms. The van der Waals surface area contributed by atoms with Gasteiger partial charge in [0.2, 0.25) is 5.88 Å². The van der Waals surface area contributed by atoms with Crippen LogP contribution in [0.2, 0.25) is 0 Å². The summed E-state index contributed by atoms with van der Waals surface area (Å²) in [5.41, 5.74) is 1.46. The third-order valence-electron chi connectivity index (χ3n) is 6.57. The zero-order valence-corrected chi connectivity index (χ0v) is 17.7. The molecule has 1 amide bonds. The summed E-state index contributed by atoms with van der Waals surface area (Å²) in [5.74, 6) is -0.953. The average Bonchev–Trinajstić information content (AvgIpc) is 3.46. The smallest absolute Gasteiger partial charge is 0.270 e. The first-order chi connectivity index (χ1) is 15.0. The summed E-state index contributed by atoms with van der Waals surface area (Å²) in [4.78, 5) is 26.5. The molecular formula is C22H28N4O5. The van der Waals surface area contributed by atoms with Crippen molar-refractivity contribution in [2.24, 2.45) is 5.41 Å². The van der Waals surface area contributed by atoms with Crippen molar-refractivity contribution in [3.63, 3.8) is 0 Å². The first-order valence-electron chi connectivity index (χ1n) is 11.0. The minimum atomic E-state index is -0.542. The predicted molar refractivity (Wildman–Crippen MR) is 113 cm³/mol. The van der Waals surface area contributed by atoms with Crippen molar-refractivity contribution < 1.29 is 19.4 Å². The van der Waals surface area contributed by atoms with Crippen LogP contribution in [0.1, 0.15) is 54.9 Å². The molecule has 0 radical (unpaired) electrons. The lowest BCUT2D eigenvalue weighted by molar-refractivity contribution is 0.0154. The van der Waals surface area contributed by atoms with Gasteiger partial charge >= 0.3 is 0 Å².